The average Bonchev–Trinajstić information content (AvgIpc) is 2.96. The number of hydrogen-bond acceptors (Lipinski definition) is 6. The van der Waals surface area contributed by atoms with Gasteiger partial charge in [0, 0.05) is 0 Å². The van der Waals surface area contributed by atoms with Gasteiger partial charge in [-0.25, -0.2) is 0 Å². The zero-order valence-electron chi connectivity index (χ0n) is 11.8. The third-order valence-corrected chi connectivity index (χ3v) is 3.54. The van der Waals surface area contributed by atoms with Gasteiger partial charge in [0.1, 0.15) is 12.2 Å². The van der Waals surface area contributed by atoms with E-state index in [0.717, 1.165) is 0 Å². The molecule has 108 valence electrons. The lowest BCUT2D eigenvalue weighted by Crippen LogP contribution is -2.45. The van der Waals surface area contributed by atoms with Crippen molar-refractivity contribution in [2.45, 2.75) is 63.7 Å². The summed E-state index contributed by atoms with van der Waals surface area (Å²) >= 11 is 0. The third-order valence-electron chi connectivity index (χ3n) is 3.54. The third kappa shape index (κ3) is 2.81. The first kappa shape index (κ1) is 13.8. The Balaban J connectivity index is 1.66. The van der Waals surface area contributed by atoms with Crippen LogP contribution >= 0.6 is 0 Å². The molecule has 2 radical (unpaired) electrons. The molecule has 0 aromatic rings. The van der Waals surface area contributed by atoms with Gasteiger partial charge in [-0.1, -0.05) is 0 Å². The molecule has 3 rings (SSSR count). The molecule has 0 saturated carbocycles. The second kappa shape index (κ2) is 4.68. The summed E-state index contributed by atoms with van der Waals surface area (Å²) in [5.41, 5.74) is 0. The van der Waals surface area contributed by atoms with Gasteiger partial charge in [-0.05, 0) is 35.4 Å². The van der Waals surface area contributed by atoms with Crippen molar-refractivity contribution < 1.29 is 28.3 Å². The Morgan fingerprint density at radius 1 is 0.789 bits per heavy atom. The molecule has 3 saturated heterocycles. The van der Waals surface area contributed by atoms with Gasteiger partial charge < -0.3 is 28.3 Å². The monoisotopic (exact) mass is 271 g/mol. The van der Waals surface area contributed by atoms with Crippen LogP contribution in [0.15, 0.2) is 0 Å². The van der Waals surface area contributed by atoms with Gasteiger partial charge in [-0.3, -0.25) is 0 Å². The summed E-state index contributed by atoms with van der Waals surface area (Å²) in [5.74, 6) is -1.15. The van der Waals surface area contributed by atoms with Crippen LogP contribution in [0.5, 0.6) is 0 Å². The highest BCUT2D eigenvalue weighted by Gasteiger charge is 2.46. The Labute approximate surface area is 113 Å². The molecule has 0 unspecified atom stereocenters. The van der Waals surface area contributed by atoms with E-state index in [9.17, 15) is 0 Å². The first-order chi connectivity index (χ1) is 8.86. The molecular weight excluding hydrogens is 251 g/mol. The summed E-state index contributed by atoms with van der Waals surface area (Å²) in [6.45, 7) is 8.53. The normalized spacial score (nSPS) is 44.8. The molecule has 0 spiro atoms. The predicted molar refractivity (Wildman–Crippen MR) is 65.3 cm³/mol. The molecular formula is C12H20BO6-. The standard InChI is InChI=1S/C12H20BO6/c1-11(2)14-5-7(16-11)9-10(19-13-18-9)8-6-15-12(3,4)17-8/h7-10H,5-6H2,1-4H3/q-1/t7-,8-,9-,10-/m1/s1. The van der Waals surface area contributed by atoms with Crippen molar-refractivity contribution in [3.63, 3.8) is 0 Å². The number of hydrogen-bond donors (Lipinski definition) is 0. The van der Waals surface area contributed by atoms with Crippen LogP contribution in [-0.4, -0.2) is 56.9 Å². The molecule has 4 atom stereocenters. The number of ether oxygens (including phenoxy) is 4. The Bertz CT molecular complexity index is 315. The largest absolute Gasteiger partial charge is 0.620 e. The van der Waals surface area contributed by atoms with Gasteiger partial charge in [0.05, 0.1) is 25.4 Å². The number of rotatable bonds is 2. The van der Waals surface area contributed by atoms with E-state index in [0.29, 0.717) is 13.2 Å². The lowest BCUT2D eigenvalue weighted by atomic mass is 10.0. The summed E-state index contributed by atoms with van der Waals surface area (Å²) < 4.78 is 33.9. The summed E-state index contributed by atoms with van der Waals surface area (Å²) in [4.78, 5) is 0. The van der Waals surface area contributed by atoms with Gasteiger partial charge in [0.15, 0.2) is 11.6 Å². The second-order valence-electron chi connectivity index (χ2n) is 6.03. The molecule has 7 heteroatoms. The van der Waals surface area contributed by atoms with E-state index in [2.05, 4.69) is 0 Å². The van der Waals surface area contributed by atoms with Gasteiger partial charge >= 0.3 is 0 Å². The van der Waals surface area contributed by atoms with Crippen molar-refractivity contribution in [1.29, 1.82) is 0 Å². The fraction of sp³-hybridized carbons (Fsp3) is 1.00. The maximum absolute atomic E-state index is 5.83. The molecule has 0 bridgehead atoms. The van der Waals surface area contributed by atoms with Crippen LogP contribution in [-0.2, 0) is 28.3 Å². The molecule has 3 heterocycles. The van der Waals surface area contributed by atoms with E-state index in [-0.39, 0.29) is 24.4 Å². The first-order valence-corrected chi connectivity index (χ1v) is 6.62. The minimum Gasteiger partial charge on any atom is -0.620 e. The Kier molecular flexibility index (Phi) is 3.40. The van der Waals surface area contributed by atoms with Gasteiger partial charge in [-0.15, -0.1) is 0 Å². The van der Waals surface area contributed by atoms with Crippen LogP contribution in [0, 0.1) is 0 Å². The van der Waals surface area contributed by atoms with Gasteiger partial charge in [-0.2, -0.15) is 0 Å². The highest BCUT2D eigenvalue weighted by molar-refractivity contribution is 6.19. The minimum absolute atomic E-state index is 0.161. The van der Waals surface area contributed by atoms with Crippen LogP contribution in [0.25, 0.3) is 0 Å². The van der Waals surface area contributed by atoms with E-state index < -0.39 is 11.6 Å². The summed E-state index contributed by atoms with van der Waals surface area (Å²) in [5, 5.41) is 0. The van der Waals surface area contributed by atoms with Crippen LogP contribution in [0.1, 0.15) is 27.7 Å². The lowest BCUT2D eigenvalue weighted by Gasteiger charge is -2.31. The zero-order chi connectivity index (χ0) is 13.7. The molecule has 0 amide bonds. The zero-order valence-corrected chi connectivity index (χ0v) is 11.8. The van der Waals surface area contributed by atoms with Crippen molar-refractivity contribution in [2.24, 2.45) is 0 Å². The molecule has 0 aromatic heterocycles. The van der Waals surface area contributed by atoms with E-state index in [1.54, 1.807) is 0 Å². The highest BCUT2D eigenvalue weighted by atomic mass is 16.8. The average molecular weight is 271 g/mol. The summed E-state index contributed by atoms with van der Waals surface area (Å²) in [6, 6.07) is 0. The van der Waals surface area contributed by atoms with Gasteiger partial charge in [0.2, 0.25) is 0 Å². The minimum atomic E-state index is -0.576. The maximum Gasteiger partial charge on any atom is 0.163 e. The second-order valence-corrected chi connectivity index (χ2v) is 6.03. The topological polar surface area (TPSA) is 55.4 Å². The molecule has 3 fully saturated rings. The van der Waals surface area contributed by atoms with Crippen molar-refractivity contribution in [2.75, 3.05) is 13.2 Å². The van der Waals surface area contributed by atoms with Crippen molar-refractivity contribution in [1.82, 2.24) is 0 Å². The van der Waals surface area contributed by atoms with E-state index in [1.807, 2.05) is 27.7 Å². The van der Waals surface area contributed by atoms with Crippen LogP contribution in [0.3, 0.4) is 0 Å². The summed E-state index contributed by atoms with van der Waals surface area (Å²) in [6.07, 6.45) is -0.786. The van der Waals surface area contributed by atoms with Crippen molar-refractivity contribution >= 4 is 7.69 Å². The molecule has 6 nitrogen and oxygen atoms in total. The Hall–Kier alpha value is -0.175. The predicted octanol–water partition coefficient (Wildman–Crippen LogP) is 0.608. The van der Waals surface area contributed by atoms with Crippen molar-refractivity contribution in [3.05, 3.63) is 0 Å². The molecule has 0 N–H and O–H groups in total. The fourth-order valence-corrected chi connectivity index (χ4v) is 2.67. The molecule has 3 aliphatic rings. The van der Waals surface area contributed by atoms with E-state index in [1.165, 1.54) is 7.69 Å². The van der Waals surface area contributed by atoms with Gasteiger partial charge in [0.25, 0.3) is 0 Å². The highest BCUT2D eigenvalue weighted by Crippen LogP contribution is 2.34. The smallest absolute Gasteiger partial charge is 0.163 e. The van der Waals surface area contributed by atoms with Crippen molar-refractivity contribution in [3.8, 4) is 0 Å². The lowest BCUT2D eigenvalue weighted by molar-refractivity contribution is -0.165. The fourth-order valence-electron chi connectivity index (χ4n) is 2.67. The molecule has 0 aliphatic carbocycles. The quantitative estimate of drug-likeness (QED) is 0.686. The Morgan fingerprint density at radius 2 is 1.21 bits per heavy atom. The Morgan fingerprint density at radius 3 is 1.53 bits per heavy atom. The van der Waals surface area contributed by atoms with Crippen LogP contribution in [0.2, 0.25) is 0 Å². The summed E-state index contributed by atoms with van der Waals surface area (Å²) in [7, 11) is 1.36. The first-order valence-electron chi connectivity index (χ1n) is 6.62. The van der Waals surface area contributed by atoms with Crippen LogP contribution < -0.4 is 0 Å². The van der Waals surface area contributed by atoms with Crippen LogP contribution in [0.4, 0.5) is 0 Å². The SMILES string of the molecule is CC1(C)OC[C@H]([C@H]2O[B-]O[C@@H]2[C@H]2COC(C)(C)O2)O1. The molecule has 3 aliphatic heterocycles. The van der Waals surface area contributed by atoms with E-state index >= 15 is 0 Å². The molecule has 19 heavy (non-hydrogen) atoms. The maximum atomic E-state index is 5.83. The van der Waals surface area contributed by atoms with E-state index in [4.69, 9.17) is 28.3 Å². The molecule has 0 aromatic carbocycles.